The quantitative estimate of drug-likeness (QED) is 0.462. The third-order valence-corrected chi connectivity index (χ3v) is 1.47. The lowest BCUT2D eigenvalue weighted by atomic mass is 10.0. The molecule has 0 aromatic carbocycles. The maximum Gasteiger partial charge on any atom is 0.0645 e. The van der Waals surface area contributed by atoms with Crippen LogP contribution in [0.4, 0.5) is 0 Å². The van der Waals surface area contributed by atoms with Crippen LogP contribution in [0, 0.1) is 0 Å². The maximum atomic E-state index is 5.62. The molecule has 0 atom stereocenters. The van der Waals surface area contributed by atoms with E-state index in [1.165, 1.54) is 5.57 Å². The molecular weight excluding hydrogens is 124 g/mol. The van der Waals surface area contributed by atoms with Gasteiger partial charge in [0, 0.05) is 0 Å². The molecule has 0 aromatic heterocycles. The van der Waals surface area contributed by atoms with Crippen LogP contribution >= 0.6 is 0 Å². The van der Waals surface area contributed by atoms with Crippen LogP contribution in [0.1, 0.15) is 33.6 Å². The average Bonchev–Trinajstić information content (AvgIpc) is 1.81. The van der Waals surface area contributed by atoms with Gasteiger partial charge in [-0.05, 0) is 26.7 Å². The second-order valence-corrected chi connectivity index (χ2v) is 2.98. The van der Waals surface area contributed by atoms with Gasteiger partial charge < -0.3 is 11.5 Å². The monoisotopic (exact) mass is 142 g/mol. The van der Waals surface area contributed by atoms with E-state index in [2.05, 4.69) is 13.0 Å². The van der Waals surface area contributed by atoms with Crippen LogP contribution in [0.3, 0.4) is 0 Å². The zero-order chi connectivity index (χ0) is 8.20. The van der Waals surface area contributed by atoms with Gasteiger partial charge in [0.25, 0.3) is 0 Å². The van der Waals surface area contributed by atoms with E-state index >= 15 is 0 Å². The minimum Gasteiger partial charge on any atom is -0.313 e. The van der Waals surface area contributed by atoms with Crippen LogP contribution in [0.15, 0.2) is 11.6 Å². The Bertz CT molecular complexity index is 120. The van der Waals surface area contributed by atoms with E-state index in [1.807, 2.05) is 13.8 Å². The molecule has 4 N–H and O–H groups in total. The van der Waals surface area contributed by atoms with Crippen molar-refractivity contribution in [3.63, 3.8) is 0 Å². The van der Waals surface area contributed by atoms with Gasteiger partial charge in [-0.1, -0.05) is 18.6 Å². The highest BCUT2D eigenvalue weighted by Crippen LogP contribution is 2.11. The predicted molar refractivity (Wildman–Crippen MR) is 45.4 cm³/mol. The second-order valence-electron chi connectivity index (χ2n) is 2.98. The van der Waals surface area contributed by atoms with E-state index in [1.54, 1.807) is 0 Å². The zero-order valence-corrected chi connectivity index (χ0v) is 7.15. The van der Waals surface area contributed by atoms with Gasteiger partial charge in [0.2, 0.25) is 0 Å². The summed E-state index contributed by atoms with van der Waals surface area (Å²) in [6, 6.07) is 0. The maximum absolute atomic E-state index is 5.62. The van der Waals surface area contributed by atoms with Gasteiger partial charge >= 0.3 is 0 Å². The smallest absolute Gasteiger partial charge is 0.0645 e. The van der Waals surface area contributed by atoms with Crippen molar-refractivity contribution in [2.75, 3.05) is 0 Å². The first-order chi connectivity index (χ1) is 4.49. The molecule has 2 nitrogen and oxygen atoms in total. The van der Waals surface area contributed by atoms with Crippen LogP contribution in [0.25, 0.3) is 0 Å². The van der Waals surface area contributed by atoms with E-state index in [0.717, 1.165) is 12.8 Å². The molecule has 10 heavy (non-hydrogen) atoms. The molecule has 60 valence electrons. The number of rotatable bonds is 3. The molecule has 0 spiro atoms. The first-order valence-electron chi connectivity index (χ1n) is 3.71. The molecule has 0 unspecified atom stereocenters. The van der Waals surface area contributed by atoms with Crippen LogP contribution < -0.4 is 11.5 Å². The van der Waals surface area contributed by atoms with Crippen molar-refractivity contribution in [2.24, 2.45) is 11.5 Å². The average molecular weight is 142 g/mol. The fourth-order valence-corrected chi connectivity index (χ4v) is 0.920. The number of hydrogen-bond acceptors (Lipinski definition) is 2. The fourth-order valence-electron chi connectivity index (χ4n) is 0.920. The first-order valence-corrected chi connectivity index (χ1v) is 3.71. The Balaban J connectivity index is 3.88. The summed E-state index contributed by atoms with van der Waals surface area (Å²) in [4.78, 5) is 0. The van der Waals surface area contributed by atoms with Gasteiger partial charge in [0.05, 0.1) is 5.66 Å². The Labute approximate surface area is 63.3 Å². The fraction of sp³-hybridized carbons (Fsp3) is 0.750. The van der Waals surface area contributed by atoms with Gasteiger partial charge in [-0.25, -0.2) is 0 Å². The Morgan fingerprint density at radius 3 is 2.10 bits per heavy atom. The topological polar surface area (TPSA) is 52.0 Å². The highest BCUT2D eigenvalue weighted by molar-refractivity contribution is 5.03. The van der Waals surface area contributed by atoms with Crippen molar-refractivity contribution in [1.29, 1.82) is 0 Å². The Kier molecular flexibility index (Phi) is 3.61. The van der Waals surface area contributed by atoms with Crippen molar-refractivity contribution < 1.29 is 0 Å². The lowest BCUT2D eigenvalue weighted by Crippen LogP contribution is -2.46. The van der Waals surface area contributed by atoms with Crippen molar-refractivity contribution in [1.82, 2.24) is 0 Å². The Morgan fingerprint density at radius 1 is 1.50 bits per heavy atom. The second kappa shape index (κ2) is 3.74. The molecule has 0 aliphatic carbocycles. The minimum absolute atomic E-state index is 0.544. The summed E-state index contributed by atoms with van der Waals surface area (Å²) in [5.74, 6) is 0. The van der Waals surface area contributed by atoms with Gasteiger partial charge in [0.15, 0.2) is 0 Å². The largest absolute Gasteiger partial charge is 0.313 e. The molecule has 0 saturated carbocycles. The van der Waals surface area contributed by atoms with Gasteiger partial charge in [-0.2, -0.15) is 0 Å². The molecule has 0 saturated heterocycles. The Morgan fingerprint density at radius 2 is 2.00 bits per heavy atom. The summed E-state index contributed by atoms with van der Waals surface area (Å²) in [7, 11) is 0. The predicted octanol–water partition coefficient (Wildman–Crippen LogP) is 1.37. The molecule has 2 heteroatoms. The zero-order valence-electron chi connectivity index (χ0n) is 7.15. The molecule has 0 aromatic rings. The summed E-state index contributed by atoms with van der Waals surface area (Å²) in [6.07, 6.45) is 3.92. The molecule has 0 fully saturated rings. The molecule has 0 rings (SSSR count). The van der Waals surface area contributed by atoms with Crippen molar-refractivity contribution in [3.8, 4) is 0 Å². The summed E-state index contributed by atoms with van der Waals surface area (Å²) in [5.41, 5.74) is 12.0. The van der Waals surface area contributed by atoms with E-state index in [0.29, 0.717) is 0 Å². The third-order valence-electron chi connectivity index (χ3n) is 1.47. The van der Waals surface area contributed by atoms with Crippen LogP contribution in [-0.4, -0.2) is 5.66 Å². The number of nitrogens with two attached hydrogens (primary N) is 2. The molecular formula is C8H18N2. The lowest BCUT2D eigenvalue weighted by Gasteiger charge is -2.19. The van der Waals surface area contributed by atoms with Crippen LogP contribution in [-0.2, 0) is 0 Å². The SMILES string of the molecule is C/C=C(\CC)CC(C)(N)N. The van der Waals surface area contributed by atoms with Crippen LogP contribution in [0.2, 0.25) is 0 Å². The van der Waals surface area contributed by atoms with Crippen molar-refractivity contribution in [3.05, 3.63) is 11.6 Å². The summed E-state index contributed by atoms with van der Waals surface area (Å²) in [5, 5.41) is 0. The van der Waals surface area contributed by atoms with Gasteiger partial charge in [-0.3, -0.25) is 0 Å². The normalized spacial score (nSPS) is 13.9. The summed E-state index contributed by atoms with van der Waals surface area (Å²) in [6.45, 7) is 5.97. The summed E-state index contributed by atoms with van der Waals surface area (Å²) < 4.78 is 0. The standard InChI is InChI=1S/C8H18N2/c1-4-7(5-2)6-8(3,9)10/h4H,5-6,9-10H2,1-3H3/b7-4+. The molecule has 0 bridgehead atoms. The first kappa shape index (κ1) is 9.66. The van der Waals surface area contributed by atoms with E-state index < -0.39 is 5.66 Å². The van der Waals surface area contributed by atoms with E-state index in [4.69, 9.17) is 11.5 Å². The highest BCUT2D eigenvalue weighted by atomic mass is 14.9. The van der Waals surface area contributed by atoms with Gasteiger partial charge in [-0.15, -0.1) is 0 Å². The van der Waals surface area contributed by atoms with Crippen molar-refractivity contribution in [2.45, 2.75) is 39.3 Å². The molecule has 0 amide bonds. The summed E-state index contributed by atoms with van der Waals surface area (Å²) >= 11 is 0. The van der Waals surface area contributed by atoms with E-state index in [-0.39, 0.29) is 0 Å². The third kappa shape index (κ3) is 4.53. The Hall–Kier alpha value is -0.340. The van der Waals surface area contributed by atoms with Gasteiger partial charge in [0.1, 0.15) is 0 Å². The minimum atomic E-state index is -0.544. The number of allylic oxidation sites excluding steroid dienone is 1. The van der Waals surface area contributed by atoms with Crippen LogP contribution in [0.5, 0.6) is 0 Å². The van der Waals surface area contributed by atoms with E-state index in [9.17, 15) is 0 Å². The molecule has 0 radical (unpaired) electrons. The molecule has 0 aliphatic heterocycles. The molecule has 0 aliphatic rings. The highest BCUT2D eigenvalue weighted by Gasteiger charge is 2.11. The van der Waals surface area contributed by atoms with Crippen molar-refractivity contribution >= 4 is 0 Å². The molecule has 0 heterocycles. The lowest BCUT2D eigenvalue weighted by molar-refractivity contribution is 0.480. The number of hydrogen-bond donors (Lipinski definition) is 2.